The second-order valence-electron chi connectivity index (χ2n) is 7.28. The van der Waals surface area contributed by atoms with E-state index >= 15 is 0 Å². The Morgan fingerprint density at radius 1 is 1.29 bits per heavy atom. The number of carbonyl (C=O) groups is 2. The summed E-state index contributed by atoms with van der Waals surface area (Å²) < 4.78 is 13.3. The highest BCUT2D eigenvalue weighted by Crippen LogP contribution is 2.33. The van der Waals surface area contributed by atoms with Crippen LogP contribution in [-0.2, 0) is 16.0 Å². The number of hydrogen-bond donors (Lipinski definition) is 2. The van der Waals surface area contributed by atoms with E-state index in [4.69, 9.17) is 5.73 Å². The number of pyridine rings is 1. The summed E-state index contributed by atoms with van der Waals surface area (Å²) in [6, 6.07) is 7.58. The lowest BCUT2D eigenvalue weighted by molar-refractivity contribution is -0.146. The molecule has 1 aliphatic rings. The summed E-state index contributed by atoms with van der Waals surface area (Å²) in [5, 5.41) is 2.63. The molecule has 2 heterocycles. The molecular weight excluding hydrogens is 359 g/mol. The predicted molar refractivity (Wildman–Crippen MR) is 106 cm³/mol. The zero-order valence-corrected chi connectivity index (χ0v) is 16.1. The standard InChI is InChI=1S/C21H25FN4O2/c1-3-14-10-17(11-24-19(14)23)25-20(27)21(28)26-12-13(2)4-9-18(26)15-5-7-16(22)8-6-15/h5-8,10-11,13,18H,3-4,9,12H2,1-2H3,(H2,23,24)(H,25,27)/t13-,18?/m0/s1. The fourth-order valence-corrected chi connectivity index (χ4v) is 3.60. The van der Waals surface area contributed by atoms with E-state index in [9.17, 15) is 14.0 Å². The van der Waals surface area contributed by atoms with Crippen molar-refractivity contribution in [2.24, 2.45) is 5.92 Å². The van der Waals surface area contributed by atoms with Gasteiger partial charge in [0.05, 0.1) is 17.9 Å². The van der Waals surface area contributed by atoms with Crippen LogP contribution >= 0.6 is 0 Å². The maximum absolute atomic E-state index is 13.3. The summed E-state index contributed by atoms with van der Waals surface area (Å²) in [6.07, 6.45) is 3.78. The zero-order chi connectivity index (χ0) is 20.3. The van der Waals surface area contributed by atoms with Crippen molar-refractivity contribution in [3.05, 3.63) is 53.5 Å². The van der Waals surface area contributed by atoms with Crippen LogP contribution in [0.4, 0.5) is 15.9 Å². The molecule has 28 heavy (non-hydrogen) atoms. The van der Waals surface area contributed by atoms with E-state index in [2.05, 4.69) is 17.2 Å². The number of carbonyl (C=O) groups excluding carboxylic acids is 2. The number of likely N-dealkylation sites (tertiary alicyclic amines) is 1. The molecule has 1 fully saturated rings. The molecule has 2 atom stereocenters. The van der Waals surface area contributed by atoms with Crippen molar-refractivity contribution in [2.45, 2.75) is 39.2 Å². The Bertz CT molecular complexity index is 869. The van der Waals surface area contributed by atoms with Crippen molar-refractivity contribution < 1.29 is 14.0 Å². The van der Waals surface area contributed by atoms with Gasteiger partial charge in [-0.2, -0.15) is 0 Å². The minimum Gasteiger partial charge on any atom is -0.383 e. The van der Waals surface area contributed by atoms with E-state index in [-0.39, 0.29) is 11.9 Å². The van der Waals surface area contributed by atoms with Crippen molar-refractivity contribution in [1.29, 1.82) is 0 Å². The first-order valence-corrected chi connectivity index (χ1v) is 9.50. The quantitative estimate of drug-likeness (QED) is 0.795. The lowest BCUT2D eigenvalue weighted by Crippen LogP contribution is -2.46. The third-order valence-electron chi connectivity index (χ3n) is 5.17. The van der Waals surface area contributed by atoms with Gasteiger partial charge < -0.3 is 16.0 Å². The van der Waals surface area contributed by atoms with Crippen molar-refractivity contribution in [3.8, 4) is 0 Å². The Kier molecular flexibility index (Phi) is 5.92. The Morgan fingerprint density at radius 2 is 2.00 bits per heavy atom. The summed E-state index contributed by atoms with van der Waals surface area (Å²) in [5.41, 5.74) is 7.86. The molecule has 0 spiro atoms. The van der Waals surface area contributed by atoms with Crippen LogP contribution in [0.1, 0.15) is 43.9 Å². The number of nitrogens with two attached hydrogens (primary N) is 1. The molecule has 0 saturated carbocycles. The van der Waals surface area contributed by atoms with Crippen LogP contribution in [-0.4, -0.2) is 28.2 Å². The van der Waals surface area contributed by atoms with E-state index in [1.54, 1.807) is 23.1 Å². The van der Waals surface area contributed by atoms with E-state index < -0.39 is 11.8 Å². The van der Waals surface area contributed by atoms with E-state index in [1.165, 1.54) is 18.3 Å². The first-order chi connectivity index (χ1) is 13.4. The summed E-state index contributed by atoms with van der Waals surface area (Å²) in [5.74, 6) is -0.942. The molecular formula is C21H25FN4O2. The minimum atomic E-state index is -0.713. The molecule has 1 aliphatic heterocycles. The SMILES string of the molecule is CCc1cc(NC(=O)C(=O)N2C[C@@H](C)CCC2c2ccc(F)cc2)cnc1N. The molecule has 1 aromatic carbocycles. The van der Waals surface area contributed by atoms with Gasteiger partial charge in [-0.1, -0.05) is 26.0 Å². The fourth-order valence-electron chi connectivity index (χ4n) is 3.60. The van der Waals surface area contributed by atoms with Crippen LogP contribution in [0.15, 0.2) is 36.5 Å². The summed E-state index contributed by atoms with van der Waals surface area (Å²) in [4.78, 5) is 31.2. The number of halogens is 1. The van der Waals surface area contributed by atoms with Crippen LogP contribution in [0, 0.1) is 11.7 Å². The molecule has 1 aromatic heterocycles. The third-order valence-corrected chi connectivity index (χ3v) is 5.17. The van der Waals surface area contributed by atoms with Gasteiger partial charge in [-0.15, -0.1) is 0 Å². The molecule has 1 saturated heterocycles. The van der Waals surface area contributed by atoms with Gasteiger partial charge in [0, 0.05) is 6.54 Å². The van der Waals surface area contributed by atoms with Gasteiger partial charge in [0.1, 0.15) is 11.6 Å². The summed E-state index contributed by atoms with van der Waals surface area (Å²) in [6.45, 7) is 4.47. The highest BCUT2D eigenvalue weighted by Gasteiger charge is 2.34. The summed E-state index contributed by atoms with van der Waals surface area (Å²) in [7, 11) is 0. The van der Waals surface area contributed by atoms with Gasteiger partial charge in [0.2, 0.25) is 0 Å². The first kappa shape index (κ1) is 19.8. The molecule has 3 N–H and O–H groups in total. The molecule has 7 heteroatoms. The molecule has 6 nitrogen and oxygen atoms in total. The molecule has 0 bridgehead atoms. The van der Waals surface area contributed by atoms with Gasteiger partial charge in [0.25, 0.3) is 0 Å². The molecule has 3 rings (SSSR count). The number of aromatic nitrogens is 1. The predicted octanol–water partition coefficient (Wildman–Crippen LogP) is 3.30. The molecule has 0 radical (unpaired) electrons. The number of hydrogen-bond acceptors (Lipinski definition) is 4. The average molecular weight is 384 g/mol. The van der Waals surface area contributed by atoms with Gasteiger partial charge in [-0.3, -0.25) is 9.59 Å². The van der Waals surface area contributed by atoms with Crippen molar-refractivity contribution in [2.75, 3.05) is 17.6 Å². The fraction of sp³-hybridized carbons (Fsp3) is 0.381. The number of piperidine rings is 1. The van der Waals surface area contributed by atoms with Gasteiger partial charge >= 0.3 is 11.8 Å². The lowest BCUT2D eigenvalue weighted by atomic mass is 9.90. The Hall–Kier alpha value is -2.96. The van der Waals surface area contributed by atoms with Gasteiger partial charge in [-0.05, 0) is 54.5 Å². The molecule has 148 valence electrons. The molecule has 2 amide bonds. The van der Waals surface area contributed by atoms with E-state index in [0.29, 0.717) is 30.4 Å². The van der Waals surface area contributed by atoms with Crippen molar-refractivity contribution in [3.63, 3.8) is 0 Å². The summed E-state index contributed by atoms with van der Waals surface area (Å²) >= 11 is 0. The molecule has 0 aliphatic carbocycles. The Morgan fingerprint density at radius 3 is 2.68 bits per heavy atom. The number of aryl methyl sites for hydroxylation is 1. The monoisotopic (exact) mass is 384 g/mol. The van der Waals surface area contributed by atoms with Crippen LogP contribution in [0.5, 0.6) is 0 Å². The lowest BCUT2D eigenvalue weighted by Gasteiger charge is -2.38. The number of rotatable bonds is 3. The topological polar surface area (TPSA) is 88.3 Å². The highest BCUT2D eigenvalue weighted by atomic mass is 19.1. The maximum Gasteiger partial charge on any atom is 0.313 e. The molecule has 1 unspecified atom stereocenters. The number of benzene rings is 1. The number of nitrogens with one attached hydrogen (secondary N) is 1. The number of nitrogens with zero attached hydrogens (tertiary/aromatic N) is 2. The number of nitrogen functional groups attached to an aromatic ring is 1. The van der Waals surface area contributed by atoms with Crippen molar-refractivity contribution in [1.82, 2.24) is 9.88 Å². The zero-order valence-electron chi connectivity index (χ0n) is 16.1. The minimum absolute atomic E-state index is 0.245. The highest BCUT2D eigenvalue weighted by molar-refractivity contribution is 6.39. The maximum atomic E-state index is 13.3. The van der Waals surface area contributed by atoms with Crippen LogP contribution in [0.2, 0.25) is 0 Å². The van der Waals surface area contributed by atoms with E-state index in [0.717, 1.165) is 24.0 Å². The second kappa shape index (κ2) is 8.37. The number of amides is 2. The third kappa shape index (κ3) is 4.30. The van der Waals surface area contributed by atoms with E-state index in [1.807, 2.05) is 6.92 Å². The van der Waals surface area contributed by atoms with Crippen molar-refractivity contribution >= 4 is 23.3 Å². The van der Waals surface area contributed by atoms with Gasteiger partial charge in [-0.25, -0.2) is 9.37 Å². The first-order valence-electron chi connectivity index (χ1n) is 9.50. The van der Waals surface area contributed by atoms with Crippen LogP contribution < -0.4 is 11.1 Å². The Labute approximate surface area is 163 Å². The van der Waals surface area contributed by atoms with Gasteiger partial charge in [0.15, 0.2) is 0 Å². The average Bonchev–Trinajstić information content (AvgIpc) is 2.69. The second-order valence-corrected chi connectivity index (χ2v) is 7.28. The Balaban J connectivity index is 1.79. The van der Waals surface area contributed by atoms with Crippen LogP contribution in [0.3, 0.4) is 0 Å². The molecule has 2 aromatic rings. The normalized spacial score (nSPS) is 19.3. The smallest absolute Gasteiger partial charge is 0.313 e. The largest absolute Gasteiger partial charge is 0.383 e. The number of anilines is 2. The van der Waals surface area contributed by atoms with Crippen LogP contribution in [0.25, 0.3) is 0 Å².